The Morgan fingerprint density at radius 3 is 2.35 bits per heavy atom. The number of nitro benzene ring substituents is 1. The predicted molar refractivity (Wildman–Crippen MR) is 83.5 cm³/mol. The van der Waals surface area contributed by atoms with E-state index in [0.717, 1.165) is 18.2 Å². The normalized spacial score (nSPS) is 11.0. The Bertz CT molecular complexity index is 820. The monoisotopic (exact) mass is 357 g/mol. The fourth-order valence-electron chi connectivity index (χ4n) is 1.71. The SMILES string of the molecule is CCOc1ccc(S(=O)(=O)Oc2ccc([N+](=O)[O-])cc2Cl)cc1. The number of nitrogens with zero attached hydrogens (tertiary/aromatic N) is 1. The van der Waals surface area contributed by atoms with Crippen LogP contribution in [0.3, 0.4) is 0 Å². The summed E-state index contributed by atoms with van der Waals surface area (Å²) in [6.07, 6.45) is 0. The van der Waals surface area contributed by atoms with Crippen molar-refractivity contribution in [1.29, 1.82) is 0 Å². The Hall–Kier alpha value is -2.32. The van der Waals surface area contributed by atoms with Crippen LogP contribution in [0.1, 0.15) is 6.92 Å². The summed E-state index contributed by atoms with van der Waals surface area (Å²) in [5, 5.41) is 10.5. The maximum atomic E-state index is 12.2. The smallest absolute Gasteiger partial charge is 0.339 e. The molecule has 0 spiro atoms. The third-order valence-electron chi connectivity index (χ3n) is 2.75. The van der Waals surface area contributed by atoms with Gasteiger partial charge in [-0.25, -0.2) is 0 Å². The molecule has 23 heavy (non-hydrogen) atoms. The molecule has 0 aliphatic rings. The van der Waals surface area contributed by atoms with Crippen molar-refractivity contribution in [2.24, 2.45) is 0 Å². The van der Waals surface area contributed by atoms with E-state index in [2.05, 4.69) is 0 Å². The van der Waals surface area contributed by atoms with Crippen molar-refractivity contribution in [3.8, 4) is 11.5 Å². The van der Waals surface area contributed by atoms with Crippen molar-refractivity contribution in [3.05, 3.63) is 57.6 Å². The Kier molecular flexibility index (Phi) is 5.07. The lowest BCUT2D eigenvalue weighted by atomic mass is 10.3. The zero-order chi connectivity index (χ0) is 17.0. The Morgan fingerprint density at radius 2 is 1.83 bits per heavy atom. The third kappa shape index (κ3) is 4.11. The minimum absolute atomic E-state index is 0.0876. The van der Waals surface area contributed by atoms with Gasteiger partial charge in [0.05, 0.1) is 16.6 Å². The van der Waals surface area contributed by atoms with Gasteiger partial charge in [-0.2, -0.15) is 8.42 Å². The summed E-state index contributed by atoms with van der Waals surface area (Å²) >= 11 is 5.82. The van der Waals surface area contributed by atoms with Crippen molar-refractivity contribution in [3.63, 3.8) is 0 Å². The number of ether oxygens (including phenoxy) is 1. The molecule has 7 nitrogen and oxygen atoms in total. The van der Waals surface area contributed by atoms with E-state index in [1.54, 1.807) is 0 Å². The topological polar surface area (TPSA) is 95.7 Å². The van der Waals surface area contributed by atoms with Crippen LogP contribution in [0.4, 0.5) is 5.69 Å². The van der Waals surface area contributed by atoms with Crippen molar-refractivity contribution in [2.45, 2.75) is 11.8 Å². The summed E-state index contributed by atoms with van der Waals surface area (Å²) in [5.41, 5.74) is -0.263. The van der Waals surface area contributed by atoms with Crippen molar-refractivity contribution < 1.29 is 22.3 Å². The first-order valence-corrected chi connectivity index (χ1v) is 8.23. The van der Waals surface area contributed by atoms with Crippen LogP contribution in [-0.2, 0) is 10.1 Å². The molecule has 0 fully saturated rings. The minimum Gasteiger partial charge on any atom is -0.494 e. The first-order valence-electron chi connectivity index (χ1n) is 6.45. The van der Waals surface area contributed by atoms with Crippen LogP contribution in [-0.4, -0.2) is 19.9 Å². The van der Waals surface area contributed by atoms with E-state index in [1.807, 2.05) is 6.92 Å². The molecule has 0 radical (unpaired) electrons. The Labute approximate surface area is 137 Å². The molecule has 0 aliphatic heterocycles. The summed E-state index contributed by atoms with van der Waals surface area (Å²) in [6, 6.07) is 8.92. The molecule has 122 valence electrons. The number of non-ortho nitro benzene ring substituents is 1. The molecule has 9 heteroatoms. The van der Waals surface area contributed by atoms with Gasteiger partial charge in [-0.3, -0.25) is 10.1 Å². The van der Waals surface area contributed by atoms with Crippen molar-refractivity contribution in [2.75, 3.05) is 6.61 Å². The molecule has 2 aromatic carbocycles. The van der Waals surface area contributed by atoms with Crippen LogP contribution in [0.2, 0.25) is 5.02 Å². The van der Waals surface area contributed by atoms with E-state index in [9.17, 15) is 18.5 Å². The second-order valence-corrected chi connectivity index (χ2v) is 6.27. The number of nitro groups is 1. The second kappa shape index (κ2) is 6.84. The van der Waals surface area contributed by atoms with Crippen molar-refractivity contribution in [1.82, 2.24) is 0 Å². The van der Waals surface area contributed by atoms with Gasteiger partial charge in [-0.15, -0.1) is 0 Å². The fraction of sp³-hybridized carbons (Fsp3) is 0.143. The fourth-order valence-corrected chi connectivity index (χ4v) is 2.91. The molecule has 0 saturated carbocycles. The molecule has 0 aromatic heterocycles. The van der Waals surface area contributed by atoms with E-state index in [0.29, 0.717) is 12.4 Å². The van der Waals surface area contributed by atoms with E-state index >= 15 is 0 Å². The summed E-state index contributed by atoms with van der Waals surface area (Å²) < 4.78 is 34.5. The van der Waals surface area contributed by atoms with E-state index in [-0.39, 0.29) is 21.4 Å². The van der Waals surface area contributed by atoms with Crippen LogP contribution >= 0.6 is 11.6 Å². The van der Waals surface area contributed by atoms with Crippen LogP contribution < -0.4 is 8.92 Å². The maximum Gasteiger partial charge on any atom is 0.339 e. The molecule has 0 amide bonds. The lowest BCUT2D eigenvalue weighted by Crippen LogP contribution is -2.10. The zero-order valence-electron chi connectivity index (χ0n) is 11.9. The first-order chi connectivity index (χ1) is 10.8. The minimum atomic E-state index is -4.11. The van der Waals surface area contributed by atoms with E-state index < -0.39 is 15.0 Å². The van der Waals surface area contributed by atoms with Gasteiger partial charge in [0.25, 0.3) is 5.69 Å². The van der Waals surface area contributed by atoms with Gasteiger partial charge in [-0.1, -0.05) is 11.6 Å². The van der Waals surface area contributed by atoms with Gasteiger partial charge in [-0.05, 0) is 37.3 Å². The summed E-state index contributed by atoms with van der Waals surface area (Å²) in [7, 11) is -4.11. The second-order valence-electron chi connectivity index (χ2n) is 4.31. The zero-order valence-corrected chi connectivity index (χ0v) is 13.5. The summed E-state index contributed by atoms with van der Waals surface area (Å²) in [4.78, 5) is 9.90. The molecular formula is C14H12ClNO6S. The number of benzene rings is 2. The molecule has 2 rings (SSSR count). The number of rotatable bonds is 6. The van der Waals surface area contributed by atoms with Gasteiger partial charge in [0.1, 0.15) is 10.6 Å². The standard InChI is InChI=1S/C14H12ClNO6S/c1-2-21-11-4-6-12(7-5-11)23(19,20)22-14-8-3-10(16(17)18)9-13(14)15/h3-9H,2H2,1H3. The molecule has 0 atom stereocenters. The number of halogens is 1. The first kappa shape index (κ1) is 17.0. The van der Waals surface area contributed by atoms with Gasteiger partial charge >= 0.3 is 10.1 Å². The Balaban J connectivity index is 2.25. The molecule has 0 unspecified atom stereocenters. The lowest BCUT2D eigenvalue weighted by molar-refractivity contribution is -0.384. The molecular weight excluding hydrogens is 346 g/mol. The number of hydrogen-bond donors (Lipinski definition) is 0. The van der Waals surface area contributed by atoms with Gasteiger partial charge in [0, 0.05) is 12.1 Å². The van der Waals surface area contributed by atoms with Gasteiger partial charge < -0.3 is 8.92 Å². The third-order valence-corrected chi connectivity index (χ3v) is 4.29. The largest absolute Gasteiger partial charge is 0.494 e. The highest BCUT2D eigenvalue weighted by molar-refractivity contribution is 7.87. The molecule has 0 N–H and O–H groups in total. The van der Waals surface area contributed by atoms with E-state index in [1.165, 1.54) is 24.3 Å². The average Bonchev–Trinajstić information content (AvgIpc) is 2.50. The van der Waals surface area contributed by atoms with Crippen LogP contribution in [0, 0.1) is 10.1 Å². The average molecular weight is 358 g/mol. The summed E-state index contributed by atoms with van der Waals surface area (Å²) in [6.45, 7) is 2.27. The van der Waals surface area contributed by atoms with Gasteiger partial charge in [0.15, 0.2) is 5.75 Å². The number of hydrogen-bond acceptors (Lipinski definition) is 6. The molecule has 0 aliphatic carbocycles. The van der Waals surface area contributed by atoms with Crippen LogP contribution in [0.25, 0.3) is 0 Å². The predicted octanol–water partition coefficient (Wildman–Crippen LogP) is 3.41. The molecule has 2 aromatic rings. The molecule has 0 bridgehead atoms. The summed E-state index contributed by atoms with van der Waals surface area (Å²) in [5.74, 6) is 0.339. The lowest BCUT2D eigenvalue weighted by Gasteiger charge is -2.09. The highest BCUT2D eigenvalue weighted by Crippen LogP contribution is 2.31. The van der Waals surface area contributed by atoms with Crippen molar-refractivity contribution >= 4 is 27.4 Å². The van der Waals surface area contributed by atoms with E-state index in [4.69, 9.17) is 20.5 Å². The molecule has 0 heterocycles. The van der Waals surface area contributed by atoms with Gasteiger partial charge in [0.2, 0.25) is 0 Å². The highest BCUT2D eigenvalue weighted by atomic mass is 35.5. The quantitative estimate of drug-likeness (QED) is 0.446. The van der Waals surface area contributed by atoms with Crippen LogP contribution in [0.15, 0.2) is 47.4 Å². The maximum absolute atomic E-state index is 12.2. The Morgan fingerprint density at radius 1 is 1.17 bits per heavy atom. The molecule has 0 saturated heterocycles. The van der Waals surface area contributed by atoms with Crippen LogP contribution in [0.5, 0.6) is 11.5 Å². The highest BCUT2D eigenvalue weighted by Gasteiger charge is 2.20.